The lowest BCUT2D eigenvalue weighted by molar-refractivity contribution is 0.0942. The zero-order valence-corrected chi connectivity index (χ0v) is 12.6. The highest BCUT2D eigenvalue weighted by Crippen LogP contribution is 2.21. The first-order chi connectivity index (χ1) is 10.2. The summed E-state index contributed by atoms with van der Waals surface area (Å²) < 4.78 is 0. The molecule has 1 fully saturated rings. The van der Waals surface area contributed by atoms with Gasteiger partial charge in [-0.2, -0.15) is 0 Å². The third-order valence-corrected chi connectivity index (χ3v) is 4.22. The summed E-state index contributed by atoms with van der Waals surface area (Å²) in [6.45, 7) is 3.85. The van der Waals surface area contributed by atoms with Crippen molar-refractivity contribution >= 4 is 28.5 Å². The second-order valence-corrected chi connectivity index (χ2v) is 5.80. The Labute approximate surface area is 128 Å². The summed E-state index contributed by atoms with van der Waals surface area (Å²) in [6.07, 6.45) is 5.48. The Morgan fingerprint density at radius 3 is 2.95 bits per heavy atom. The maximum Gasteiger partial charge on any atom is 0.267 e. The second kappa shape index (κ2) is 6.45. The Morgan fingerprint density at radius 1 is 1.38 bits per heavy atom. The molecule has 0 spiro atoms. The van der Waals surface area contributed by atoms with Crippen LogP contribution in [0.3, 0.4) is 0 Å². The van der Waals surface area contributed by atoms with E-state index in [2.05, 4.69) is 20.2 Å². The number of piperidine rings is 1. The molecule has 3 heterocycles. The third-order valence-electron chi connectivity index (χ3n) is 3.89. The van der Waals surface area contributed by atoms with Crippen molar-refractivity contribution in [2.75, 3.05) is 26.2 Å². The number of hydrogen-bond acceptors (Lipinski definition) is 3. The zero-order valence-electron chi connectivity index (χ0n) is 11.9. The molecule has 2 aromatic rings. The summed E-state index contributed by atoms with van der Waals surface area (Å²) in [5, 5.41) is 4.32. The smallest absolute Gasteiger partial charge is 0.267 e. The van der Waals surface area contributed by atoms with Crippen molar-refractivity contribution in [1.82, 2.24) is 20.2 Å². The molecule has 1 aliphatic heterocycles. The van der Waals surface area contributed by atoms with Gasteiger partial charge in [0, 0.05) is 24.7 Å². The highest BCUT2D eigenvalue weighted by Gasteiger charge is 2.13. The van der Waals surface area contributed by atoms with Crippen molar-refractivity contribution < 1.29 is 4.79 Å². The van der Waals surface area contributed by atoms with Gasteiger partial charge < -0.3 is 15.2 Å². The molecule has 1 saturated heterocycles. The molecule has 0 radical (unpaired) electrons. The Balaban J connectivity index is 1.57. The van der Waals surface area contributed by atoms with Crippen LogP contribution in [0.5, 0.6) is 0 Å². The first kappa shape index (κ1) is 14.4. The number of nitrogens with one attached hydrogen (secondary N) is 2. The highest BCUT2D eigenvalue weighted by molar-refractivity contribution is 6.35. The highest BCUT2D eigenvalue weighted by atomic mass is 35.5. The quantitative estimate of drug-likeness (QED) is 0.912. The van der Waals surface area contributed by atoms with Gasteiger partial charge in [0.1, 0.15) is 11.3 Å². The largest absolute Gasteiger partial charge is 0.349 e. The van der Waals surface area contributed by atoms with Crippen LogP contribution >= 0.6 is 11.6 Å². The summed E-state index contributed by atoms with van der Waals surface area (Å²) in [5.74, 6) is -0.110. The summed E-state index contributed by atoms with van der Waals surface area (Å²) in [7, 11) is 0. The van der Waals surface area contributed by atoms with Gasteiger partial charge in [-0.05, 0) is 38.1 Å². The monoisotopic (exact) mass is 306 g/mol. The maximum atomic E-state index is 12.1. The van der Waals surface area contributed by atoms with Crippen LogP contribution in [0.25, 0.3) is 11.0 Å². The number of carbonyl (C=O) groups is 1. The molecule has 0 saturated carbocycles. The standard InChI is InChI=1S/C15H19ClN4O/c16-12-4-5-17-14-11(12)10-13(19-14)15(21)18-6-9-20-7-2-1-3-8-20/h4-5,10H,1-3,6-9H2,(H,17,19)(H,18,21). The normalized spacial score (nSPS) is 16.2. The van der Waals surface area contributed by atoms with Crippen molar-refractivity contribution in [3.05, 3.63) is 29.0 Å². The molecular formula is C15H19ClN4O. The van der Waals surface area contributed by atoms with E-state index in [1.54, 1.807) is 18.3 Å². The molecule has 1 aliphatic rings. The van der Waals surface area contributed by atoms with E-state index in [1.807, 2.05) is 0 Å². The summed E-state index contributed by atoms with van der Waals surface area (Å²) in [5.41, 5.74) is 1.15. The number of pyridine rings is 1. The van der Waals surface area contributed by atoms with Crippen LogP contribution in [0.4, 0.5) is 0 Å². The van der Waals surface area contributed by atoms with Crippen LogP contribution in [0.1, 0.15) is 29.8 Å². The van der Waals surface area contributed by atoms with E-state index in [1.165, 1.54) is 19.3 Å². The minimum atomic E-state index is -0.110. The van der Waals surface area contributed by atoms with Crippen LogP contribution in [0, 0.1) is 0 Å². The number of halogens is 1. The van der Waals surface area contributed by atoms with Gasteiger partial charge in [0.2, 0.25) is 0 Å². The number of likely N-dealkylation sites (tertiary alicyclic amines) is 1. The number of amides is 1. The lowest BCUT2D eigenvalue weighted by Gasteiger charge is -2.26. The van der Waals surface area contributed by atoms with E-state index < -0.39 is 0 Å². The van der Waals surface area contributed by atoms with Gasteiger partial charge in [-0.1, -0.05) is 18.0 Å². The van der Waals surface area contributed by atoms with Gasteiger partial charge in [0.15, 0.2) is 0 Å². The number of aromatic nitrogens is 2. The fourth-order valence-corrected chi connectivity index (χ4v) is 2.92. The lowest BCUT2D eigenvalue weighted by atomic mass is 10.1. The van der Waals surface area contributed by atoms with E-state index in [0.717, 1.165) is 25.0 Å². The van der Waals surface area contributed by atoms with Gasteiger partial charge in [-0.3, -0.25) is 4.79 Å². The number of aromatic amines is 1. The number of H-pyrrole nitrogens is 1. The van der Waals surface area contributed by atoms with Crippen molar-refractivity contribution in [2.45, 2.75) is 19.3 Å². The molecule has 3 rings (SSSR count). The van der Waals surface area contributed by atoms with Crippen LogP contribution in [-0.2, 0) is 0 Å². The van der Waals surface area contributed by atoms with E-state index in [-0.39, 0.29) is 5.91 Å². The molecule has 1 amide bonds. The minimum absolute atomic E-state index is 0.110. The molecular weight excluding hydrogens is 288 g/mol. The Kier molecular flexibility index (Phi) is 4.41. The lowest BCUT2D eigenvalue weighted by Crippen LogP contribution is -2.37. The average Bonchev–Trinajstić information content (AvgIpc) is 2.94. The van der Waals surface area contributed by atoms with E-state index in [0.29, 0.717) is 22.9 Å². The minimum Gasteiger partial charge on any atom is -0.349 e. The number of nitrogens with zero attached hydrogens (tertiary/aromatic N) is 2. The van der Waals surface area contributed by atoms with Crippen LogP contribution < -0.4 is 5.32 Å². The summed E-state index contributed by atoms with van der Waals surface area (Å²) in [6, 6.07) is 3.47. The van der Waals surface area contributed by atoms with Gasteiger partial charge in [0.05, 0.1) is 5.02 Å². The Bertz CT molecular complexity index is 634. The van der Waals surface area contributed by atoms with Crippen LogP contribution in [0.2, 0.25) is 5.02 Å². The fourth-order valence-electron chi connectivity index (χ4n) is 2.72. The van der Waals surface area contributed by atoms with Crippen molar-refractivity contribution in [3.8, 4) is 0 Å². The molecule has 2 N–H and O–H groups in total. The topological polar surface area (TPSA) is 61.0 Å². The van der Waals surface area contributed by atoms with Gasteiger partial charge in [-0.15, -0.1) is 0 Å². The fraction of sp³-hybridized carbons (Fsp3) is 0.467. The van der Waals surface area contributed by atoms with Gasteiger partial charge in [-0.25, -0.2) is 4.98 Å². The molecule has 21 heavy (non-hydrogen) atoms. The average molecular weight is 307 g/mol. The van der Waals surface area contributed by atoms with Crippen molar-refractivity contribution in [3.63, 3.8) is 0 Å². The summed E-state index contributed by atoms with van der Waals surface area (Å²) in [4.78, 5) is 21.7. The first-order valence-corrected chi connectivity index (χ1v) is 7.75. The number of carbonyl (C=O) groups excluding carboxylic acids is 1. The van der Waals surface area contributed by atoms with Crippen LogP contribution in [-0.4, -0.2) is 47.0 Å². The second-order valence-electron chi connectivity index (χ2n) is 5.40. The molecule has 0 unspecified atom stereocenters. The number of rotatable bonds is 4. The SMILES string of the molecule is O=C(NCCN1CCCCC1)c1cc2c(Cl)ccnc2[nH]1. The van der Waals surface area contributed by atoms with E-state index in [4.69, 9.17) is 11.6 Å². The number of fused-ring (bicyclic) bond motifs is 1. The Morgan fingerprint density at radius 2 is 2.19 bits per heavy atom. The van der Waals surface area contributed by atoms with Crippen molar-refractivity contribution in [1.29, 1.82) is 0 Å². The first-order valence-electron chi connectivity index (χ1n) is 7.38. The van der Waals surface area contributed by atoms with Gasteiger partial charge in [0.25, 0.3) is 5.91 Å². The molecule has 0 bridgehead atoms. The van der Waals surface area contributed by atoms with Crippen molar-refractivity contribution in [2.24, 2.45) is 0 Å². The molecule has 2 aromatic heterocycles. The Hall–Kier alpha value is -1.59. The molecule has 0 aromatic carbocycles. The third kappa shape index (κ3) is 3.36. The van der Waals surface area contributed by atoms with Crippen LogP contribution in [0.15, 0.2) is 18.3 Å². The summed E-state index contributed by atoms with van der Waals surface area (Å²) >= 11 is 6.08. The molecule has 112 valence electrons. The molecule has 5 nitrogen and oxygen atoms in total. The molecule has 6 heteroatoms. The maximum absolute atomic E-state index is 12.1. The number of hydrogen-bond donors (Lipinski definition) is 2. The zero-order chi connectivity index (χ0) is 14.7. The predicted molar refractivity (Wildman–Crippen MR) is 83.7 cm³/mol. The van der Waals surface area contributed by atoms with Gasteiger partial charge >= 0.3 is 0 Å². The molecule has 0 aliphatic carbocycles. The molecule has 0 atom stereocenters. The predicted octanol–water partition coefficient (Wildman–Crippen LogP) is 2.43. The van der Waals surface area contributed by atoms with E-state index >= 15 is 0 Å². The van der Waals surface area contributed by atoms with E-state index in [9.17, 15) is 4.79 Å².